The van der Waals surface area contributed by atoms with Crippen molar-refractivity contribution in [3.63, 3.8) is 0 Å². The summed E-state index contributed by atoms with van der Waals surface area (Å²) in [4.78, 5) is 19.1. The summed E-state index contributed by atoms with van der Waals surface area (Å²) in [6, 6.07) is 19.8. The minimum absolute atomic E-state index is 0.0270. The van der Waals surface area contributed by atoms with Gasteiger partial charge in [-0.15, -0.1) is 0 Å². The van der Waals surface area contributed by atoms with Crippen LogP contribution in [0, 0.1) is 6.92 Å². The Morgan fingerprint density at radius 1 is 0.933 bits per heavy atom. The number of nitrogens with zero attached hydrogens (tertiary/aromatic N) is 1. The Morgan fingerprint density at radius 3 is 2.27 bits per heavy atom. The number of aromatic amines is 1. The lowest BCUT2D eigenvalue weighted by atomic mass is 10.1. The topological polar surface area (TPSA) is 104 Å². The van der Waals surface area contributed by atoms with Crippen molar-refractivity contribution >= 4 is 32.3 Å². The van der Waals surface area contributed by atoms with Crippen LogP contribution in [0.3, 0.4) is 0 Å². The van der Waals surface area contributed by atoms with E-state index in [4.69, 9.17) is 0 Å². The molecule has 0 amide bonds. The molecule has 0 spiro atoms. The van der Waals surface area contributed by atoms with Gasteiger partial charge in [-0.2, -0.15) is 0 Å². The molecule has 1 heterocycles. The molecular weight excluding hydrogens is 400 g/mol. The van der Waals surface area contributed by atoms with Crippen LogP contribution in [0.2, 0.25) is 0 Å². The lowest BCUT2D eigenvalue weighted by Gasteiger charge is -2.13. The number of rotatable bonds is 5. The summed E-state index contributed by atoms with van der Waals surface area (Å²) in [7, 11) is -2.33. The van der Waals surface area contributed by atoms with Gasteiger partial charge >= 0.3 is 0 Å². The van der Waals surface area contributed by atoms with Crippen LogP contribution < -0.4 is 15.6 Å². The standard InChI is InChI=1S/C22H20N4O3S/c1-14-24-19-13-20(23-2)21(12-18(19)22(27)25-14)30(28,29)26-17-10-8-16(9-11-17)15-6-4-3-5-7-15/h3-13,23,26H,1-2H3,(H,24,25,27). The summed E-state index contributed by atoms with van der Waals surface area (Å²) in [5.74, 6) is 0.460. The highest BCUT2D eigenvalue weighted by Crippen LogP contribution is 2.28. The molecule has 0 saturated carbocycles. The summed E-state index contributed by atoms with van der Waals surface area (Å²) >= 11 is 0. The molecule has 0 radical (unpaired) electrons. The van der Waals surface area contributed by atoms with Gasteiger partial charge in [-0.25, -0.2) is 13.4 Å². The molecule has 4 rings (SSSR count). The average Bonchev–Trinajstić information content (AvgIpc) is 2.73. The molecule has 0 aliphatic heterocycles. The highest BCUT2D eigenvalue weighted by Gasteiger charge is 2.21. The van der Waals surface area contributed by atoms with Gasteiger partial charge in [0.25, 0.3) is 15.6 Å². The number of hydrogen-bond acceptors (Lipinski definition) is 5. The number of hydrogen-bond donors (Lipinski definition) is 3. The Labute approximate surface area is 173 Å². The minimum Gasteiger partial charge on any atom is -0.387 e. The van der Waals surface area contributed by atoms with Crippen LogP contribution in [0.5, 0.6) is 0 Å². The summed E-state index contributed by atoms with van der Waals surface area (Å²) in [6.07, 6.45) is 0. The summed E-state index contributed by atoms with van der Waals surface area (Å²) < 4.78 is 28.7. The third-order valence-corrected chi connectivity index (χ3v) is 6.15. The molecule has 0 unspecified atom stereocenters. The molecule has 8 heteroatoms. The molecular formula is C22H20N4O3S. The molecule has 152 valence electrons. The Bertz CT molecular complexity index is 1380. The van der Waals surface area contributed by atoms with Gasteiger partial charge in [0.15, 0.2) is 0 Å². The monoisotopic (exact) mass is 420 g/mol. The quantitative estimate of drug-likeness (QED) is 0.456. The normalized spacial score (nSPS) is 11.4. The predicted molar refractivity (Wildman–Crippen MR) is 119 cm³/mol. The fourth-order valence-corrected chi connectivity index (χ4v) is 4.55. The van der Waals surface area contributed by atoms with Gasteiger partial charge in [0.2, 0.25) is 0 Å². The fourth-order valence-electron chi connectivity index (χ4n) is 3.27. The molecule has 0 aliphatic carbocycles. The number of sulfonamides is 1. The lowest BCUT2D eigenvalue weighted by Crippen LogP contribution is -2.17. The van der Waals surface area contributed by atoms with E-state index in [1.165, 1.54) is 6.07 Å². The van der Waals surface area contributed by atoms with E-state index < -0.39 is 10.0 Å². The van der Waals surface area contributed by atoms with E-state index in [0.29, 0.717) is 22.7 Å². The van der Waals surface area contributed by atoms with Crippen molar-refractivity contribution < 1.29 is 8.42 Å². The summed E-state index contributed by atoms with van der Waals surface area (Å²) in [6.45, 7) is 1.67. The van der Waals surface area contributed by atoms with Gasteiger partial charge in [0, 0.05) is 12.7 Å². The smallest absolute Gasteiger partial charge is 0.263 e. The maximum atomic E-state index is 13.1. The zero-order valence-corrected chi connectivity index (χ0v) is 17.2. The van der Waals surface area contributed by atoms with Crippen LogP contribution in [-0.4, -0.2) is 25.4 Å². The maximum Gasteiger partial charge on any atom is 0.263 e. The van der Waals surface area contributed by atoms with Crippen molar-refractivity contribution in [1.82, 2.24) is 9.97 Å². The molecule has 0 atom stereocenters. The third-order valence-electron chi connectivity index (χ3n) is 4.73. The van der Waals surface area contributed by atoms with Gasteiger partial charge < -0.3 is 10.3 Å². The Hall–Kier alpha value is -3.65. The Balaban J connectivity index is 1.71. The highest BCUT2D eigenvalue weighted by atomic mass is 32.2. The van der Waals surface area contributed by atoms with E-state index in [1.807, 2.05) is 42.5 Å². The molecule has 0 bridgehead atoms. The van der Waals surface area contributed by atoms with E-state index >= 15 is 0 Å². The SMILES string of the molecule is CNc1cc2nc(C)[nH]c(=O)c2cc1S(=O)(=O)Nc1ccc(-c2ccccc2)cc1. The van der Waals surface area contributed by atoms with E-state index in [9.17, 15) is 13.2 Å². The molecule has 4 aromatic rings. The van der Waals surface area contributed by atoms with Crippen LogP contribution in [0.15, 0.2) is 76.4 Å². The molecule has 30 heavy (non-hydrogen) atoms. The second kappa shape index (κ2) is 7.64. The first-order valence-corrected chi connectivity index (χ1v) is 10.8. The van der Waals surface area contributed by atoms with E-state index in [1.54, 1.807) is 32.2 Å². The van der Waals surface area contributed by atoms with Crippen LogP contribution in [0.1, 0.15) is 5.82 Å². The number of aromatic nitrogens is 2. The Morgan fingerprint density at radius 2 is 1.60 bits per heavy atom. The first-order valence-electron chi connectivity index (χ1n) is 9.28. The highest BCUT2D eigenvalue weighted by molar-refractivity contribution is 7.92. The number of anilines is 2. The molecule has 3 N–H and O–H groups in total. The van der Waals surface area contributed by atoms with Gasteiger partial charge in [-0.3, -0.25) is 9.52 Å². The van der Waals surface area contributed by atoms with Crippen molar-refractivity contribution in [3.8, 4) is 11.1 Å². The van der Waals surface area contributed by atoms with Crippen LogP contribution in [-0.2, 0) is 10.0 Å². The van der Waals surface area contributed by atoms with Crippen molar-refractivity contribution in [3.05, 3.63) is 82.9 Å². The number of benzene rings is 3. The lowest BCUT2D eigenvalue weighted by molar-refractivity contribution is 0.601. The van der Waals surface area contributed by atoms with Gasteiger partial charge in [0.1, 0.15) is 10.7 Å². The molecule has 0 saturated heterocycles. The molecule has 1 aromatic heterocycles. The fraction of sp³-hybridized carbons (Fsp3) is 0.0909. The summed E-state index contributed by atoms with van der Waals surface area (Å²) in [5, 5.41) is 3.09. The molecule has 0 fully saturated rings. The van der Waals surface area contributed by atoms with Gasteiger partial charge in [-0.05, 0) is 42.3 Å². The van der Waals surface area contributed by atoms with E-state index in [2.05, 4.69) is 20.0 Å². The zero-order chi connectivity index (χ0) is 21.3. The van der Waals surface area contributed by atoms with Crippen molar-refractivity contribution in [2.75, 3.05) is 17.1 Å². The van der Waals surface area contributed by atoms with Crippen molar-refractivity contribution in [1.29, 1.82) is 0 Å². The average molecular weight is 420 g/mol. The second-order valence-electron chi connectivity index (χ2n) is 6.82. The van der Waals surface area contributed by atoms with E-state index in [0.717, 1.165) is 11.1 Å². The number of fused-ring (bicyclic) bond motifs is 1. The van der Waals surface area contributed by atoms with Crippen molar-refractivity contribution in [2.24, 2.45) is 0 Å². The maximum absolute atomic E-state index is 13.1. The zero-order valence-electron chi connectivity index (χ0n) is 16.4. The van der Waals surface area contributed by atoms with Crippen molar-refractivity contribution in [2.45, 2.75) is 11.8 Å². The second-order valence-corrected chi connectivity index (χ2v) is 8.47. The number of nitrogens with one attached hydrogen (secondary N) is 3. The number of H-pyrrole nitrogens is 1. The minimum atomic E-state index is -3.94. The molecule has 0 aliphatic rings. The van der Waals surface area contributed by atoms with Crippen LogP contribution in [0.4, 0.5) is 11.4 Å². The number of aryl methyl sites for hydroxylation is 1. The van der Waals surface area contributed by atoms with Crippen LogP contribution in [0.25, 0.3) is 22.0 Å². The largest absolute Gasteiger partial charge is 0.387 e. The third kappa shape index (κ3) is 3.77. The first kappa shape index (κ1) is 19.7. The molecule has 3 aromatic carbocycles. The van der Waals surface area contributed by atoms with Crippen LogP contribution >= 0.6 is 0 Å². The predicted octanol–water partition coefficient (Wildman–Crippen LogP) is 3.74. The first-order chi connectivity index (χ1) is 14.4. The summed E-state index contributed by atoms with van der Waals surface area (Å²) in [5.41, 5.74) is 2.84. The Kier molecular flexibility index (Phi) is 5.01. The van der Waals surface area contributed by atoms with Gasteiger partial charge in [-0.1, -0.05) is 42.5 Å². The van der Waals surface area contributed by atoms with Gasteiger partial charge in [0.05, 0.1) is 16.6 Å². The molecule has 7 nitrogen and oxygen atoms in total. The van der Waals surface area contributed by atoms with E-state index in [-0.39, 0.29) is 15.8 Å².